The first-order valence-electron chi connectivity index (χ1n) is 8.95. The highest BCUT2D eigenvalue weighted by molar-refractivity contribution is 5.82. The molecule has 1 aliphatic carbocycles. The highest BCUT2D eigenvalue weighted by Crippen LogP contribution is 2.22. The van der Waals surface area contributed by atoms with Crippen LogP contribution in [0.1, 0.15) is 36.4 Å². The molecular formula is C22H23NO3. The summed E-state index contributed by atoms with van der Waals surface area (Å²) in [5, 5.41) is 2.98. The Morgan fingerprint density at radius 1 is 0.962 bits per heavy atom. The van der Waals surface area contributed by atoms with E-state index in [9.17, 15) is 9.59 Å². The van der Waals surface area contributed by atoms with Gasteiger partial charge in [-0.1, -0.05) is 72.8 Å². The van der Waals surface area contributed by atoms with E-state index in [-0.39, 0.29) is 30.4 Å². The van der Waals surface area contributed by atoms with Crippen LogP contribution < -0.4 is 5.32 Å². The Kier molecular flexibility index (Phi) is 6.20. The van der Waals surface area contributed by atoms with Crippen LogP contribution in [-0.2, 0) is 14.3 Å². The van der Waals surface area contributed by atoms with Gasteiger partial charge in [-0.15, -0.1) is 0 Å². The van der Waals surface area contributed by atoms with E-state index in [2.05, 4.69) is 11.4 Å². The van der Waals surface area contributed by atoms with Gasteiger partial charge in [0.2, 0.25) is 0 Å². The van der Waals surface area contributed by atoms with Gasteiger partial charge >= 0.3 is 5.97 Å². The van der Waals surface area contributed by atoms with Crippen molar-refractivity contribution >= 4 is 11.9 Å². The van der Waals surface area contributed by atoms with Gasteiger partial charge in [0.1, 0.15) is 0 Å². The SMILES string of the molecule is O=C(COC(=O)[C@@H]1CC=CCC1)NC(c1ccccc1)c1ccccc1. The smallest absolute Gasteiger partial charge is 0.309 e. The Hall–Kier alpha value is -2.88. The van der Waals surface area contributed by atoms with Gasteiger partial charge in [-0.05, 0) is 30.4 Å². The lowest BCUT2D eigenvalue weighted by atomic mass is 9.95. The molecule has 0 saturated carbocycles. The van der Waals surface area contributed by atoms with Crippen molar-refractivity contribution in [1.29, 1.82) is 0 Å². The molecule has 0 fully saturated rings. The topological polar surface area (TPSA) is 55.4 Å². The number of benzene rings is 2. The summed E-state index contributed by atoms with van der Waals surface area (Å²) in [5.74, 6) is -0.727. The van der Waals surface area contributed by atoms with Crippen LogP contribution in [0.4, 0.5) is 0 Å². The van der Waals surface area contributed by atoms with Gasteiger partial charge in [-0.25, -0.2) is 0 Å². The zero-order valence-electron chi connectivity index (χ0n) is 14.6. The molecule has 2 aromatic carbocycles. The maximum absolute atomic E-state index is 12.4. The molecule has 2 aromatic rings. The molecule has 0 aromatic heterocycles. The van der Waals surface area contributed by atoms with Crippen molar-refractivity contribution in [3.05, 3.63) is 83.9 Å². The lowest BCUT2D eigenvalue weighted by molar-refractivity contribution is -0.153. The molecule has 4 heteroatoms. The maximum atomic E-state index is 12.4. The van der Waals surface area contributed by atoms with E-state index < -0.39 is 0 Å². The van der Waals surface area contributed by atoms with Crippen molar-refractivity contribution in [3.8, 4) is 0 Å². The lowest BCUT2D eigenvalue weighted by Gasteiger charge is -2.20. The predicted molar refractivity (Wildman–Crippen MR) is 100 cm³/mol. The number of amides is 1. The van der Waals surface area contributed by atoms with Crippen LogP contribution in [0.3, 0.4) is 0 Å². The van der Waals surface area contributed by atoms with Crippen molar-refractivity contribution in [2.75, 3.05) is 6.61 Å². The maximum Gasteiger partial charge on any atom is 0.309 e. The normalized spacial score (nSPS) is 16.3. The minimum absolute atomic E-state index is 0.133. The summed E-state index contributed by atoms with van der Waals surface area (Å²) in [7, 11) is 0. The van der Waals surface area contributed by atoms with E-state index in [1.54, 1.807) is 0 Å². The Labute approximate surface area is 153 Å². The number of nitrogens with one attached hydrogen (secondary N) is 1. The highest BCUT2D eigenvalue weighted by Gasteiger charge is 2.22. The largest absolute Gasteiger partial charge is 0.455 e. The molecule has 1 atom stereocenters. The molecule has 3 rings (SSSR count). The van der Waals surface area contributed by atoms with Crippen molar-refractivity contribution in [2.24, 2.45) is 5.92 Å². The number of allylic oxidation sites excluding steroid dienone is 2. The molecule has 1 amide bonds. The van der Waals surface area contributed by atoms with Crippen molar-refractivity contribution in [2.45, 2.75) is 25.3 Å². The fraction of sp³-hybridized carbons (Fsp3) is 0.273. The Morgan fingerprint density at radius 3 is 2.12 bits per heavy atom. The number of carbonyl (C=O) groups excluding carboxylic acids is 2. The van der Waals surface area contributed by atoms with Crippen molar-refractivity contribution in [3.63, 3.8) is 0 Å². The van der Waals surface area contributed by atoms with Crippen LogP contribution in [0.25, 0.3) is 0 Å². The Morgan fingerprint density at radius 2 is 1.58 bits per heavy atom. The molecule has 0 heterocycles. The predicted octanol–water partition coefficient (Wildman–Crippen LogP) is 3.79. The summed E-state index contributed by atoms with van der Waals surface area (Å²) in [6.45, 7) is -0.255. The first-order chi connectivity index (χ1) is 12.7. The number of esters is 1. The number of rotatable bonds is 6. The van der Waals surface area contributed by atoms with Crippen molar-refractivity contribution in [1.82, 2.24) is 5.32 Å². The summed E-state index contributed by atoms with van der Waals surface area (Å²) in [4.78, 5) is 24.5. The second-order valence-corrected chi connectivity index (χ2v) is 6.41. The van der Waals surface area contributed by atoms with Gasteiger partial charge < -0.3 is 10.1 Å². The van der Waals surface area contributed by atoms with E-state index in [1.807, 2.05) is 66.7 Å². The third-order valence-electron chi connectivity index (χ3n) is 4.52. The third kappa shape index (κ3) is 4.82. The second-order valence-electron chi connectivity index (χ2n) is 6.41. The molecule has 1 aliphatic rings. The second kappa shape index (κ2) is 8.99. The molecule has 0 bridgehead atoms. The van der Waals surface area contributed by atoms with E-state index in [0.29, 0.717) is 6.42 Å². The first kappa shape index (κ1) is 17.9. The average molecular weight is 349 g/mol. The zero-order valence-corrected chi connectivity index (χ0v) is 14.6. The van der Waals surface area contributed by atoms with E-state index in [4.69, 9.17) is 4.74 Å². The first-order valence-corrected chi connectivity index (χ1v) is 8.95. The van der Waals surface area contributed by atoms with Gasteiger partial charge in [0.15, 0.2) is 6.61 Å². The summed E-state index contributed by atoms with van der Waals surface area (Å²) in [5.41, 5.74) is 1.96. The van der Waals surface area contributed by atoms with Crippen LogP contribution in [0, 0.1) is 5.92 Å². The standard InChI is InChI=1S/C22H23NO3/c24-20(16-26-22(25)19-14-8-3-9-15-19)23-21(17-10-4-1-5-11-17)18-12-6-2-7-13-18/h1-8,10-13,19,21H,9,14-16H2,(H,23,24)/t19-/m1/s1. The molecule has 0 saturated heterocycles. The fourth-order valence-electron chi connectivity index (χ4n) is 3.11. The van der Waals surface area contributed by atoms with Crippen LogP contribution in [0.2, 0.25) is 0 Å². The Bertz CT molecular complexity index is 716. The quantitative estimate of drug-likeness (QED) is 0.638. The zero-order chi connectivity index (χ0) is 18.2. The molecule has 0 aliphatic heterocycles. The third-order valence-corrected chi connectivity index (χ3v) is 4.52. The number of hydrogen-bond donors (Lipinski definition) is 1. The van der Waals surface area contributed by atoms with Gasteiger partial charge in [0.05, 0.1) is 12.0 Å². The molecule has 26 heavy (non-hydrogen) atoms. The highest BCUT2D eigenvalue weighted by atomic mass is 16.5. The fourth-order valence-corrected chi connectivity index (χ4v) is 3.11. The number of carbonyl (C=O) groups is 2. The lowest BCUT2D eigenvalue weighted by Crippen LogP contribution is -2.34. The monoisotopic (exact) mass is 349 g/mol. The van der Waals surface area contributed by atoms with E-state index in [1.165, 1.54) is 0 Å². The van der Waals surface area contributed by atoms with Crippen LogP contribution >= 0.6 is 0 Å². The molecular weight excluding hydrogens is 326 g/mol. The van der Waals surface area contributed by atoms with Crippen LogP contribution in [0.5, 0.6) is 0 Å². The molecule has 0 unspecified atom stereocenters. The van der Waals surface area contributed by atoms with E-state index in [0.717, 1.165) is 24.0 Å². The van der Waals surface area contributed by atoms with Crippen LogP contribution in [-0.4, -0.2) is 18.5 Å². The van der Waals surface area contributed by atoms with Crippen LogP contribution in [0.15, 0.2) is 72.8 Å². The van der Waals surface area contributed by atoms with Gasteiger partial charge in [-0.3, -0.25) is 9.59 Å². The average Bonchev–Trinajstić information content (AvgIpc) is 2.72. The minimum Gasteiger partial charge on any atom is -0.455 e. The van der Waals surface area contributed by atoms with Gasteiger partial charge in [0, 0.05) is 0 Å². The number of hydrogen-bond acceptors (Lipinski definition) is 3. The summed E-state index contributed by atoms with van der Waals surface area (Å²) < 4.78 is 5.23. The van der Waals surface area contributed by atoms with Gasteiger partial charge in [0.25, 0.3) is 5.91 Å². The molecule has 1 N–H and O–H groups in total. The van der Waals surface area contributed by atoms with Gasteiger partial charge in [-0.2, -0.15) is 0 Å². The molecule has 0 radical (unpaired) electrons. The molecule has 134 valence electrons. The minimum atomic E-state index is -0.303. The Balaban J connectivity index is 1.62. The summed E-state index contributed by atoms with van der Waals surface area (Å²) in [6.07, 6.45) is 6.43. The molecule has 0 spiro atoms. The van der Waals surface area contributed by atoms with E-state index >= 15 is 0 Å². The molecule has 4 nitrogen and oxygen atoms in total. The van der Waals surface area contributed by atoms with Crippen molar-refractivity contribution < 1.29 is 14.3 Å². The summed E-state index contributed by atoms with van der Waals surface area (Å²) >= 11 is 0. The summed E-state index contributed by atoms with van der Waals surface area (Å²) in [6, 6.07) is 19.2. The number of ether oxygens (including phenoxy) is 1.